The Morgan fingerprint density at radius 2 is 2.21 bits per heavy atom. The van der Waals surface area contributed by atoms with Crippen LogP contribution in [-0.2, 0) is 4.79 Å². The highest BCUT2D eigenvalue weighted by molar-refractivity contribution is 8.02. The fourth-order valence-electron chi connectivity index (χ4n) is 1.54. The Morgan fingerprint density at radius 1 is 1.47 bits per heavy atom. The third-order valence-corrected chi connectivity index (χ3v) is 3.13. The minimum Gasteiger partial charge on any atom is -0.454 e. The molecular formula is C12H11N3O3S. The first kappa shape index (κ1) is 13.1. The summed E-state index contributed by atoms with van der Waals surface area (Å²) in [6.07, 6.45) is 1.75. The van der Waals surface area contributed by atoms with Gasteiger partial charge in [0.1, 0.15) is 11.6 Å². The quantitative estimate of drug-likeness (QED) is 0.638. The third-order valence-electron chi connectivity index (χ3n) is 2.42. The van der Waals surface area contributed by atoms with Crippen molar-refractivity contribution in [3.63, 3.8) is 0 Å². The molecule has 1 heterocycles. The standard InChI is InChI=1S/C12H11N3O3S/c1-19-12(8(5-13)11(14)16)15-7-2-3-9-10(4-7)18-6-17-9/h2-4,15H,6H2,1H3,(H2,14,16)/b12-8+. The van der Waals surface area contributed by atoms with Gasteiger partial charge in [0.15, 0.2) is 11.5 Å². The molecule has 0 saturated carbocycles. The average molecular weight is 277 g/mol. The summed E-state index contributed by atoms with van der Waals surface area (Å²) >= 11 is 1.23. The van der Waals surface area contributed by atoms with E-state index in [1.165, 1.54) is 11.8 Å². The molecule has 1 aromatic carbocycles. The monoisotopic (exact) mass is 277 g/mol. The fourth-order valence-corrected chi connectivity index (χ4v) is 2.11. The molecule has 0 spiro atoms. The molecular weight excluding hydrogens is 266 g/mol. The molecule has 19 heavy (non-hydrogen) atoms. The number of benzene rings is 1. The van der Waals surface area contributed by atoms with Gasteiger partial charge < -0.3 is 20.5 Å². The lowest BCUT2D eigenvalue weighted by Gasteiger charge is -2.10. The van der Waals surface area contributed by atoms with Crippen molar-refractivity contribution < 1.29 is 14.3 Å². The lowest BCUT2D eigenvalue weighted by Crippen LogP contribution is -2.16. The Kier molecular flexibility index (Phi) is 3.82. The zero-order valence-electron chi connectivity index (χ0n) is 10.1. The van der Waals surface area contributed by atoms with Gasteiger partial charge in [0, 0.05) is 11.8 Å². The summed E-state index contributed by atoms with van der Waals surface area (Å²) in [5.41, 5.74) is 5.73. The van der Waals surface area contributed by atoms with Gasteiger partial charge in [0.25, 0.3) is 5.91 Å². The van der Waals surface area contributed by atoms with E-state index in [0.717, 1.165) is 0 Å². The number of carbonyl (C=O) groups excluding carboxylic acids is 1. The predicted octanol–water partition coefficient (Wildman–Crippen LogP) is 1.41. The van der Waals surface area contributed by atoms with Crippen molar-refractivity contribution in [2.45, 2.75) is 0 Å². The topological polar surface area (TPSA) is 97.4 Å². The number of thioether (sulfide) groups is 1. The number of amides is 1. The molecule has 0 unspecified atom stereocenters. The van der Waals surface area contributed by atoms with Crippen LogP contribution in [0.5, 0.6) is 11.5 Å². The predicted molar refractivity (Wildman–Crippen MR) is 71.5 cm³/mol. The first-order valence-electron chi connectivity index (χ1n) is 5.30. The lowest BCUT2D eigenvalue weighted by atomic mass is 10.2. The van der Waals surface area contributed by atoms with Gasteiger partial charge >= 0.3 is 0 Å². The first-order valence-corrected chi connectivity index (χ1v) is 6.53. The fraction of sp³-hybridized carbons (Fsp3) is 0.167. The molecule has 0 saturated heterocycles. The molecule has 0 aromatic heterocycles. The lowest BCUT2D eigenvalue weighted by molar-refractivity contribution is -0.114. The normalized spacial score (nSPS) is 13.5. The molecule has 1 aliphatic rings. The minimum atomic E-state index is -0.764. The van der Waals surface area contributed by atoms with E-state index < -0.39 is 5.91 Å². The molecule has 1 aliphatic heterocycles. The van der Waals surface area contributed by atoms with Crippen molar-refractivity contribution >= 4 is 23.4 Å². The van der Waals surface area contributed by atoms with Crippen molar-refractivity contribution in [2.24, 2.45) is 5.73 Å². The van der Waals surface area contributed by atoms with Gasteiger partial charge in [0.05, 0.1) is 5.03 Å². The van der Waals surface area contributed by atoms with E-state index >= 15 is 0 Å². The number of primary amides is 1. The third kappa shape index (κ3) is 2.74. The van der Waals surface area contributed by atoms with Crippen molar-refractivity contribution in [3.8, 4) is 17.6 Å². The van der Waals surface area contributed by atoms with Crippen molar-refractivity contribution in [3.05, 3.63) is 28.8 Å². The highest BCUT2D eigenvalue weighted by Gasteiger charge is 2.15. The molecule has 3 N–H and O–H groups in total. The number of rotatable bonds is 4. The Morgan fingerprint density at radius 3 is 2.84 bits per heavy atom. The van der Waals surface area contributed by atoms with Crippen LogP contribution >= 0.6 is 11.8 Å². The van der Waals surface area contributed by atoms with Crippen molar-refractivity contribution in [1.29, 1.82) is 5.26 Å². The van der Waals surface area contributed by atoms with Crippen LogP contribution in [-0.4, -0.2) is 19.0 Å². The summed E-state index contributed by atoms with van der Waals surface area (Å²) in [4.78, 5) is 11.2. The van der Waals surface area contributed by atoms with E-state index in [-0.39, 0.29) is 12.4 Å². The second-order valence-electron chi connectivity index (χ2n) is 3.58. The second-order valence-corrected chi connectivity index (χ2v) is 4.39. The van der Waals surface area contributed by atoms with Crippen LogP contribution in [0.15, 0.2) is 28.8 Å². The maximum absolute atomic E-state index is 11.2. The SMILES string of the molecule is CS/C(Nc1ccc2c(c1)OCO2)=C(\C#N)C(N)=O. The molecule has 1 amide bonds. The number of hydrogen-bond acceptors (Lipinski definition) is 6. The van der Waals surface area contributed by atoms with Crippen LogP contribution in [0.1, 0.15) is 0 Å². The Hall–Kier alpha value is -2.33. The first-order chi connectivity index (χ1) is 9.15. The van der Waals surface area contributed by atoms with Gasteiger partial charge in [-0.2, -0.15) is 5.26 Å². The summed E-state index contributed by atoms with van der Waals surface area (Å²) in [5.74, 6) is 0.513. The molecule has 6 nitrogen and oxygen atoms in total. The number of hydrogen-bond donors (Lipinski definition) is 2. The van der Waals surface area contributed by atoms with Gasteiger partial charge in [-0.25, -0.2) is 0 Å². The number of nitrogens with two attached hydrogens (primary N) is 1. The van der Waals surface area contributed by atoms with Crippen LogP contribution in [0, 0.1) is 11.3 Å². The number of fused-ring (bicyclic) bond motifs is 1. The van der Waals surface area contributed by atoms with Crippen LogP contribution in [0.25, 0.3) is 0 Å². The number of anilines is 1. The number of nitrogens with zero attached hydrogens (tertiary/aromatic N) is 1. The molecule has 0 atom stereocenters. The van der Waals surface area contributed by atoms with E-state index in [0.29, 0.717) is 22.2 Å². The van der Waals surface area contributed by atoms with E-state index in [4.69, 9.17) is 20.5 Å². The Bertz CT molecular complexity index is 592. The maximum Gasteiger partial charge on any atom is 0.262 e. The molecule has 2 rings (SSSR count). The van der Waals surface area contributed by atoms with Crippen LogP contribution in [0.3, 0.4) is 0 Å². The zero-order chi connectivity index (χ0) is 13.8. The van der Waals surface area contributed by atoms with Gasteiger partial charge in [-0.05, 0) is 18.4 Å². The number of ether oxygens (including phenoxy) is 2. The van der Waals surface area contributed by atoms with E-state index in [1.807, 2.05) is 0 Å². The number of carbonyl (C=O) groups is 1. The summed E-state index contributed by atoms with van der Waals surface area (Å²) in [7, 11) is 0. The molecule has 0 fully saturated rings. The van der Waals surface area contributed by atoms with Gasteiger partial charge in [-0.3, -0.25) is 4.79 Å². The maximum atomic E-state index is 11.2. The molecule has 7 heteroatoms. The Labute approximate surface area is 114 Å². The van der Waals surface area contributed by atoms with Crippen molar-refractivity contribution in [2.75, 3.05) is 18.4 Å². The van der Waals surface area contributed by atoms with Crippen LogP contribution < -0.4 is 20.5 Å². The number of nitriles is 1. The highest BCUT2D eigenvalue weighted by atomic mass is 32.2. The van der Waals surface area contributed by atoms with Gasteiger partial charge in [0.2, 0.25) is 6.79 Å². The number of nitrogens with one attached hydrogen (secondary N) is 1. The minimum absolute atomic E-state index is 0.106. The van der Waals surface area contributed by atoms with Gasteiger partial charge in [-0.15, -0.1) is 11.8 Å². The molecule has 0 aliphatic carbocycles. The van der Waals surface area contributed by atoms with E-state index in [2.05, 4.69) is 5.32 Å². The summed E-state index contributed by atoms with van der Waals surface area (Å²) in [6.45, 7) is 0.189. The molecule has 0 bridgehead atoms. The average Bonchev–Trinajstić information content (AvgIpc) is 2.85. The summed E-state index contributed by atoms with van der Waals surface area (Å²) in [5, 5.41) is 12.3. The van der Waals surface area contributed by atoms with E-state index in [1.54, 1.807) is 30.5 Å². The molecule has 98 valence electrons. The summed E-state index contributed by atoms with van der Waals surface area (Å²) < 4.78 is 10.4. The second kappa shape index (κ2) is 5.54. The molecule has 0 radical (unpaired) electrons. The Balaban J connectivity index is 2.29. The van der Waals surface area contributed by atoms with Crippen LogP contribution in [0.2, 0.25) is 0 Å². The molecule has 1 aromatic rings. The van der Waals surface area contributed by atoms with E-state index in [9.17, 15) is 4.79 Å². The van der Waals surface area contributed by atoms with Gasteiger partial charge in [-0.1, -0.05) is 0 Å². The summed E-state index contributed by atoms with van der Waals surface area (Å²) in [6, 6.07) is 7.03. The zero-order valence-corrected chi connectivity index (χ0v) is 10.9. The van der Waals surface area contributed by atoms with Crippen molar-refractivity contribution in [1.82, 2.24) is 0 Å². The largest absolute Gasteiger partial charge is 0.454 e. The smallest absolute Gasteiger partial charge is 0.262 e. The highest BCUT2D eigenvalue weighted by Crippen LogP contribution is 2.35. The van der Waals surface area contributed by atoms with Crippen LogP contribution in [0.4, 0.5) is 5.69 Å².